The molecule has 0 unspecified atom stereocenters. The number of likely N-dealkylation sites (N-methyl/N-ethyl adjacent to an activating group) is 2. The second kappa shape index (κ2) is 8.83. The third kappa shape index (κ3) is 4.81. The first-order chi connectivity index (χ1) is 11.5. The highest BCUT2D eigenvalue weighted by molar-refractivity contribution is 5.81. The normalized spacial score (nSPS) is 16.6. The third-order valence-electron chi connectivity index (χ3n) is 4.64. The van der Waals surface area contributed by atoms with E-state index in [0.29, 0.717) is 13.1 Å². The number of carbonyl (C=O) groups is 2. The predicted octanol–water partition coefficient (Wildman–Crippen LogP) is 1.98. The average Bonchev–Trinajstić information content (AvgIpc) is 2.56. The number of rotatable bonds is 7. The van der Waals surface area contributed by atoms with Crippen molar-refractivity contribution in [3.8, 4) is 0 Å². The smallest absolute Gasteiger partial charge is 0.236 e. The highest BCUT2D eigenvalue weighted by Gasteiger charge is 2.22. The Morgan fingerprint density at radius 3 is 2.58 bits per heavy atom. The molecule has 5 heteroatoms. The minimum atomic E-state index is -0.0217. The van der Waals surface area contributed by atoms with Crippen molar-refractivity contribution in [2.75, 3.05) is 33.2 Å². The largest absolute Gasteiger partial charge is 0.348 e. The molecule has 0 radical (unpaired) electrons. The van der Waals surface area contributed by atoms with Crippen molar-refractivity contribution in [2.24, 2.45) is 0 Å². The van der Waals surface area contributed by atoms with Crippen molar-refractivity contribution in [2.45, 2.75) is 39.2 Å². The molecule has 1 aliphatic carbocycles. The van der Waals surface area contributed by atoms with E-state index in [1.165, 1.54) is 11.1 Å². The van der Waals surface area contributed by atoms with E-state index in [9.17, 15) is 9.59 Å². The van der Waals surface area contributed by atoms with E-state index in [1.807, 2.05) is 27.0 Å². The molecular weight excluding hydrogens is 302 g/mol. The van der Waals surface area contributed by atoms with Crippen molar-refractivity contribution in [3.05, 3.63) is 35.4 Å². The highest BCUT2D eigenvalue weighted by atomic mass is 16.2. The number of carbonyl (C=O) groups excluding carboxylic acids is 2. The fourth-order valence-corrected chi connectivity index (χ4v) is 3.35. The molecule has 24 heavy (non-hydrogen) atoms. The van der Waals surface area contributed by atoms with Crippen LogP contribution in [0.3, 0.4) is 0 Å². The van der Waals surface area contributed by atoms with Crippen LogP contribution in [-0.4, -0.2) is 54.8 Å². The van der Waals surface area contributed by atoms with E-state index in [2.05, 4.69) is 23.5 Å². The zero-order chi connectivity index (χ0) is 17.5. The zero-order valence-corrected chi connectivity index (χ0v) is 15.0. The molecule has 0 aliphatic heterocycles. The van der Waals surface area contributed by atoms with Gasteiger partial charge in [-0.2, -0.15) is 0 Å². The monoisotopic (exact) mass is 331 g/mol. The maximum absolute atomic E-state index is 12.3. The van der Waals surface area contributed by atoms with Crippen LogP contribution in [0.5, 0.6) is 0 Å². The van der Waals surface area contributed by atoms with Gasteiger partial charge in [0.2, 0.25) is 11.8 Å². The van der Waals surface area contributed by atoms with Crippen LogP contribution in [0.15, 0.2) is 24.3 Å². The number of aryl methyl sites for hydroxylation is 1. The molecular formula is C19H29N3O2. The van der Waals surface area contributed by atoms with Crippen LogP contribution in [0.1, 0.15) is 43.9 Å². The van der Waals surface area contributed by atoms with Gasteiger partial charge < -0.3 is 10.2 Å². The Kier molecular flexibility index (Phi) is 6.79. The molecule has 1 aromatic rings. The van der Waals surface area contributed by atoms with Crippen LogP contribution in [0.25, 0.3) is 0 Å². The van der Waals surface area contributed by atoms with Crippen LogP contribution in [0.2, 0.25) is 0 Å². The molecule has 0 fully saturated rings. The predicted molar refractivity (Wildman–Crippen MR) is 95.7 cm³/mol. The van der Waals surface area contributed by atoms with Gasteiger partial charge in [0.25, 0.3) is 0 Å². The van der Waals surface area contributed by atoms with Crippen LogP contribution in [-0.2, 0) is 16.0 Å². The molecule has 0 bridgehead atoms. The molecule has 0 aromatic heterocycles. The Labute approximate surface area is 145 Å². The molecule has 5 nitrogen and oxygen atoms in total. The minimum Gasteiger partial charge on any atom is -0.348 e. The fraction of sp³-hybridized carbons (Fsp3) is 0.579. The first-order valence-corrected chi connectivity index (χ1v) is 8.88. The zero-order valence-electron chi connectivity index (χ0n) is 15.0. The molecule has 0 spiro atoms. The van der Waals surface area contributed by atoms with Crippen molar-refractivity contribution in [1.82, 2.24) is 15.1 Å². The lowest BCUT2D eigenvalue weighted by Gasteiger charge is -2.27. The summed E-state index contributed by atoms with van der Waals surface area (Å²) in [6.45, 7) is 5.85. The summed E-state index contributed by atoms with van der Waals surface area (Å²) >= 11 is 0. The molecule has 0 saturated heterocycles. The molecule has 1 N–H and O–H groups in total. The van der Waals surface area contributed by atoms with E-state index in [-0.39, 0.29) is 30.9 Å². The van der Waals surface area contributed by atoms with E-state index >= 15 is 0 Å². The number of nitrogens with zero attached hydrogens (tertiary/aromatic N) is 2. The van der Waals surface area contributed by atoms with Gasteiger partial charge in [-0.1, -0.05) is 24.3 Å². The van der Waals surface area contributed by atoms with Gasteiger partial charge in [0.1, 0.15) is 0 Å². The summed E-state index contributed by atoms with van der Waals surface area (Å²) in [6.07, 6.45) is 3.16. The Bertz CT molecular complexity index is 569. The summed E-state index contributed by atoms with van der Waals surface area (Å²) in [7, 11) is 1.82. The fourth-order valence-electron chi connectivity index (χ4n) is 3.35. The standard InChI is InChI=1S/C19H29N3O2/c1-4-22(5-2)19(24)14-21(3)13-18(23)20-17-12-8-10-15-9-6-7-11-16(15)17/h6-7,9,11,17H,4-5,8,10,12-14H2,1-3H3,(H,20,23)/t17-/m0/s1. The van der Waals surface area contributed by atoms with Gasteiger partial charge in [0, 0.05) is 13.1 Å². The lowest BCUT2D eigenvalue weighted by atomic mass is 9.88. The van der Waals surface area contributed by atoms with Gasteiger partial charge in [0.15, 0.2) is 0 Å². The quantitative estimate of drug-likeness (QED) is 0.831. The SMILES string of the molecule is CCN(CC)C(=O)CN(C)CC(=O)N[C@H]1CCCc2ccccc21. The molecule has 132 valence electrons. The summed E-state index contributed by atoms with van der Waals surface area (Å²) in [4.78, 5) is 28.0. The maximum Gasteiger partial charge on any atom is 0.236 e. The van der Waals surface area contributed by atoms with Gasteiger partial charge in [0.05, 0.1) is 19.1 Å². The topological polar surface area (TPSA) is 52.7 Å². The second-order valence-electron chi connectivity index (χ2n) is 6.45. The summed E-state index contributed by atoms with van der Waals surface area (Å²) in [5.74, 6) is 0.0462. The Morgan fingerprint density at radius 2 is 1.88 bits per heavy atom. The summed E-state index contributed by atoms with van der Waals surface area (Å²) in [6, 6.07) is 8.41. The number of amides is 2. The minimum absolute atomic E-state index is 0.0217. The molecule has 1 aliphatic rings. The Hall–Kier alpha value is -1.88. The summed E-state index contributed by atoms with van der Waals surface area (Å²) < 4.78 is 0. The number of hydrogen-bond donors (Lipinski definition) is 1. The van der Waals surface area contributed by atoms with Crippen LogP contribution in [0.4, 0.5) is 0 Å². The van der Waals surface area contributed by atoms with Gasteiger partial charge in [-0.05, 0) is 51.3 Å². The van der Waals surface area contributed by atoms with Crippen LogP contribution in [0, 0.1) is 0 Å². The molecule has 2 amide bonds. The van der Waals surface area contributed by atoms with Gasteiger partial charge in [-0.3, -0.25) is 14.5 Å². The van der Waals surface area contributed by atoms with E-state index in [4.69, 9.17) is 0 Å². The molecule has 1 aromatic carbocycles. The molecule has 2 rings (SSSR count). The number of benzene rings is 1. The highest BCUT2D eigenvalue weighted by Crippen LogP contribution is 2.29. The van der Waals surface area contributed by atoms with Crippen molar-refractivity contribution in [1.29, 1.82) is 0 Å². The number of fused-ring (bicyclic) bond motifs is 1. The molecule has 0 heterocycles. The van der Waals surface area contributed by atoms with Crippen LogP contribution >= 0.6 is 0 Å². The molecule has 1 atom stereocenters. The average molecular weight is 331 g/mol. The van der Waals surface area contributed by atoms with E-state index in [1.54, 1.807) is 9.80 Å². The number of nitrogens with one attached hydrogen (secondary N) is 1. The lowest BCUT2D eigenvalue weighted by molar-refractivity contribution is -0.132. The second-order valence-corrected chi connectivity index (χ2v) is 6.45. The Morgan fingerprint density at radius 1 is 1.17 bits per heavy atom. The number of hydrogen-bond acceptors (Lipinski definition) is 3. The maximum atomic E-state index is 12.3. The van der Waals surface area contributed by atoms with E-state index in [0.717, 1.165) is 19.3 Å². The third-order valence-corrected chi connectivity index (χ3v) is 4.64. The first kappa shape index (κ1) is 18.5. The van der Waals surface area contributed by atoms with Crippen molar-refractivity contribution in [3.63, 3.8) is 0 Å². The first-order valence-electron chi connectivity index (χ1n) is 8.88. The van der Waals surface area contributed by atoms with Crippen LogP contribution < -0.4 is 5.32 Å². The van der Waals surface area contributed by atoms with Crippen molar-refractivity contribution >= 4 is 11.8 Å². The lowest BCUT2D eigenvalue weighted by Crippen LogP contribution is -2.43. The van der Waals surface area contributed by atoms with Gasteiger partial charge >= 0.3 is 0 Å². The van der Waals surface area contributed by atoms with Gasteiger partial charge in [-0.25, -0.2) is 0 Å². The Balaban J connectivity index is 1.86. The van der Waals surface area contributed by atoms with Gasteiger partial charge in [-0.15, -0.1) is 0 Å². The van der Waals surface area contributed by atoms with E-state index < -0.39 is 0 Å². The summed E-state index contributed by atoms with van der Waals surface area (Å²) in [5, 5.41) is 3.13. The summed E-state index contributed by atoms with van der Waals surface area (Å²) in [5.41, 5.74) is 2.57. The van der Waals surface area contributed by atoms with Crippen molar-refractivity contribution < 1.29 is 9.59 Å². The molecule has 0 saturated carbocycles.